The molecule has 1 aliphatic carbocycles. The lowest BCUT2D eigenvalue weighted by atomic mass is 10.2. The molecule has 0 atom stereocenters. The van der Waals surface area contributed by atoms with Crippen molar-refractivity contribution in [2.24, 2.45) is 5.73 Å². The summed E-state index contributed by atoms with van der Waals surface area (Å²) in [6, 6.07) is 4.23. The molecule has 0 saturated heterocycles. The number of benzene rings is 1. The second kappa shape index (κ2) is 6.83. The van der Waals surface area contributed by atoms with Gasteiger partial charge in [0.1, 0.15) is 5.82 Å². The first kappa shape index (κ1) is 16.4. The van der Waals surface area contributed by atoms with Crippen LogP contribution < -0.4 is 10.5 Å². The maximum Gasteiger partial charge on any atom is 0.241 e. The zero-order chi connectivity index (χ0) is 15.5. The van der Waals surface area contributed by atoms with Gasteiger partial charge >= 0.3 is 0 Å². The summed E-state index contributed by atoms with van der Waals surface area (Å²) in [7, 11) is -3.73. The lowest BCUT2D eigenvalue weighted by Gasteiger charge is -2.20. The number of halogens is 1. The van der Waals surface area contributed by atoms with Crippen LogP contribution in [0.4, 0.5) is 4.39 Å². The number of nitrogens with one attached hydrogen (secondary N) is 1. The number of likely N-dealkylation sites (N-methyl/N-ethyl adjacent to an activating group) is 1. The topological polar surface area (TPSA) is 75.4 Å². The first-order valence-electron chi connectivity index (χ1n) is 7.20. The molecule has 0 bridgehead atoms. The van der Waals surface area contributed by atoms with Crippen LogP contribution in [0.2, 0.25) is 0 Å². The highest BCUT2D eigenvalue weighted by molar-refractivity contribution is 7.89. The van der Waals surface area contributed by atoms with Crippen LogP contribution in [0.15, 0.2) is 23.1 Å². The molecule has 0 aliphatic heterocycles. The molecule has 1 saturated carbocycles. The normalized spacial score (nSPS) is 15.6. The van der Waals surface area contributed by atoms with Crippen molar-refractivity contribution in [3.8, 4) is 0 Å². The summed E-state index contributed by atoms with van der Waals surface area (Å²) in [6.45, 7) is 3.99. The maximum absolute atomic E-state index is 13.3. The van der Waals surface area contributed by atoms with E-state index in [4.69, 9.17) is 5.73 Å². The fraction of sp³-hybridized carbons (Fsp3) is 0.571. The Hall–Kier alpha value is -1.02. The fourth-order valence-corrected chi connectivity index (χ4v) is 3.67. The Labute approximate surface area is 125 Å². The number of nitrogens with zero attached hydrogens (tertiary/aromatic N) is 1. The summed E-state index contributed by atoms with van der Waals surface area (Å²) < 4.78 is 40.4. The van der Waals surface area contributed by atoms with Gasteiger partial charge in [0.15, 0.2) is 0 Å². The van der Waals surface area contributed by atoms with E-state index in [9.17, 15) is 12.8 Å². The van der Waals surface area contributed by atoms with Crippen LogP contribution in [0.3, 0.4) is 0 Å². The smallest absolute Gasteiger partial charge is 0.241 e. The molecule has 0 radical (unpaired) electrons. The summed E-state index contributed by atoms with van der Waals surface area (Å²) in [6.07, 6.45) is 2.36. The van der Waals surface area contributed by atoms with Gasteiger partial charge in [-0.3, -0.25) is 4.90 Å². The molecule has 21 heavy (non-hydrogen) atoms. The summed E-state index contributed by atoms with van der Waals surface area (Å²) in [4.78, 5) is 2.18. The van der Waals surface area contributed by atoms with Crippen molar-refractivity contribution in [2.75, 3.05) is 19.6 Å². The highest BCUT2D eigenvalue weighted by Gasteiger charge is 2.27. The molecule has 2 rings (SSSR count). The lowest BCUT2D eigenvalue weighted by Crippen LogP contribution is -2.36. The van der Waals surface area contributed by atoms with Crippen molar-refractivity contribution in [3.63, 3.8) is 0 Å². The summed E-state index contributed by atoms with van der Waals surface area (Å²) in [5, 5.41) is 0. The number of rotatable bonds is 8. The van der Waals surface area contributed by atoms with Gasteiger partial charge < -0.3 is 5.73 Å². The molecule has 5 nitrogen and oxygen atoms in total. The molecular weight excluding hydrogens is 293 g/mol. The molecular formula is C14H22FN3O2S. The number of nitrogens with two attached hydrogens (primary N) is 1. The largest absolute Gasteiger partial charge is 0.326 e. The SMILES string of the molecule is CCN(CCNS(=O)(=O)c1cc(F)ccc1CN)C1CC1. The average molecular weight is 315 g/mol. The highest BCUT2D eigenvalue weighted by Crippen LogP contribution is 2.26. The molecule has 1 aromatic carbocycles. The summed E-state index contributed by atoms with van der Waals surface area (Å²) in [5.74, 6) is -0.583. The van der Waals surface area contributed by atoms with E-state index in [0.29, 0.717) is 24.7 Å². The van der Waals surface area contributed by atoms with Crippen molar-refractivity contribution in [1.29, 1.82) is 0 Å². The summed E-state index contributed by atoms with van der Waals surface area (Å²) in [5.41, 5.74) is 5.94. The van der Waals surface area contributed by atoms with Gasteiger partial charge in [0.05, 0.1) is 4.90 Å². The Kier molecular flexibility index (Phi) is 5.32. The third-order valence-corrected chi connectivity index (χ3v) is 5.24. The second-order valence-corrected chi connectivity index (χ2v) is 6.95. The van der Waals surface area contributed by atoms with E-state index in [0.717, 1.165) is 12.6 Å². The van der Waals surface area contributed by atoms with E-state index in [2.05, 4.69) is 16.5 Å². The van der Waals surface area contributed by atoms with Crippen molar-refractivity contribution >= 4 is 10.0 Å². The molecule has 3 N–H and O–H groups in total. The van der Waals surface area contributed by atoms with Gasteiger partial charge in [-0.15, -0.1) is 0 Å². The van der Waals surface area contributed by atoms with Crippen LogP contribution in [0.5, 0.6) is 0 Å². The minimum atomic E-state index is -3.73. The van der Waals surface area contributed by atoms with Gasteiger partial charge in [-0.25, -0.2) is 17.5 Å². The quantitative estimate of drug-likeness (QED) is 0.752. The molecule has 118 valence electrons. The standard InChI is InChI=1S/C14H22FN3O2S/c1-2-18(13-5-6-13)8-7-17-21(19,20)14-9-12(15)4-3-11(14)10-16/h3-4,9,13,17H,2,5-8,10,16H2,1H3. The molecule has 0 unspecified atom stereocenters. The number of sulfonamides is 1. The van der Waals surface area contributed by atoms with Crippen LogP contribution >= 0.6 is 0 Å². The van der Waals surface area contributed by atoms with Gasteiger partial charge in [0, 0.05) is 25.7 Å². The predicted molar refractivity (Wildman–Crippen MR) is 79.7 cm³/mol. The zero-order valence-electron chi connectivity index (χ0n) is 12.2. The third-order valence-electron chi connectivity index (χ3n) is 3.70. The molecule has 1 fully saturated rings. The van der Waals surface area contributed by atoms with Gasteiger partial charge in [0.2, 0.25) is 10.0 Å². The molecule has 0 heterocycles. The minimum absolute atomic E-state index is 0.0552. The zero-order valence-corrected chi connectivity index (χ0v) is 13.0. The van der Waals surface area contributed by atoms with Crippen LogP contribution in [0.25, 0.3) is 0 Å². The second-order valence-electron chi connectivity index (χ2n) is 5.21. The molecule has 1 aliphatic rings. The van der Waals surface area contributed by atoms with Gasteiger partial charge in [0.25, 0.3) is 0 Å². The minimum Gasteiger partial charge on any atom is -0.326 e. The van der Waals surface area contributed by atoms with Crippen LogP contribution in [-0.4, -0.2) is 39.0 Å². The monoisotopic (exact) mass is 315 g/mol. The molecule has 0 amide bonds. The number of hydrogen-bond donors (Lipinski definition) is 2. The predicted octanol–water partition coefficient (Wildman–Crippen LogP) is 1.05. The summed E-state index contributed by atoms with van der Waals surface area (Å²) >= 11 is 0. The highest BCUT2D eigenvalue weighted by atomic mass is 32.2. The molecule has 0 aromatic heterocycles. The molecule has 7 heteroatoms. The fourth-order valence-electron chi connectivity index (χ4n) is 2.39. The number of hydrogen-bond acceptors (Lipinski definition) is 4. The first-order chi connectivity index (χ1) is 9.97. The Bertz CT molecular complexity index is 588. The molecule has 1 aromatic rings. The van der Waals surface area contributed by atoms with Crippen LogP contribution in [0, 0.1) is 5.82 Å². The van der Waals surface area contributed by atoms with Crippen molar-refractivity contribution in [3.05, 3.63) is 29.6 Å². The van der Waals surface area contributed by atoms with E-state index in [1.165, 1.54) is 25.0 Å². The van der Waals surface area contributed by atoms with Gasteiger partial charge in [-0.05, 0) is 37.1 Å². The van der Waals surface area contributed by atoms with Gasteiger partial charge in [-0.1, -0.05) is 13.0 Å². The van der Waals surface area contributed by atoms with E-state index < -0.39 is 15.8 Å². The average Bonchev–Trinajstić information content (AvgIpc) is 3.28. The van der Waals surface area contributed by atoms with E-state index in [1.807, 2.05) is 0 Å². The Morgan fingerprint density at radius 3 is 2.71 bits per heavy atom. The van der Waals surface area contributed by atoms with E-state index in [-0.39, 0.29) is 11.4 Å². The van der Waals surface area contributed by atoms with Crippen LogP contribution in [0.1, 0.15) is 25.3 Å². The Morgan fingerprint density at radius 1 is 1.43 bits per heavy atom. The lowest BCUT2D eigenvalue weighted by molar-refractivity contribution is 0.282. The first-order valence-corrected chi connectivity index (χ1v) is 8.68. The third kappa shape index (κ3) is 4.23. The van der Waals surface area contributed by atoms with E-state index in [1.54, 1.807) is 0 Å². The maximum atomic E-state index is 13.3. The van der Waals surface area contributed by atoms with Crippen LogP contribution in [-0.2, 0) is 16.6 Å². The Morgan fingerprint density at radius 2 is 2.14 bits per heavy atom. The van der Waals surface area contributed by atoms with Crippen molar-refractivity contribution in [1.82, 2.24) is 9.62 Å². The van der Waals surface area contributed by atoms with Gasteiger partial charge in [-0.2, -0.15) is 0 Å². The molecule has 0 spiro atoms. The van der Waals surface area contributed by atoms with E-state index >= 15 is 0 Å². The van der Waals surface area contributed by atoms with Crippen molar-refractivity contribution in [2.45, 2.75) is 37.2 Å². The van der Waals surface area contributed by atoms with Crippen molar-refractivity contribution < 1.29 is 12.8 Å². The Balaban J connectivity index is 2.02.